The lowest BCUT2D eigenvalue weighted by Crippen LogP contribution is -2.63. The molecule has 1 N–H and O–H groups in total. The first kappa shape index (κ1) is 27.7. The summed E-state index contributed by atoms with van der Waals surface area (Å²) in [5.41, 5.74) is 0.489. The Labute approximate surface area is 201 Å². The number of aliphatic carboxylic acids is 1. The monoisotopic (exact) mass is 496 g/mol. The number of benzene rings is 1. The Hall–Kier alpha value is -3.51. The van der Waals surface area contributed by atoms with Crippen molar-refractivity contribution >= 4 is 29.8 Å². The van der Waals surface area contributed by atoms with Crippen LogP contribution in [0, 0.1) is 0 Å². The Morgan fingerprint density at radius 3 is 1.89 bits per heavy atom. The van der Waals surface area contributed by atoms with Crippen LogP contribution in [0.15, 0.2) is 30.3 Å². The van der Waals surface area contributed by atoms with Gasteiger partial charge in [-0.1, -0.05) is 30.3 Å². The van der Waals surface area contributed by atoms with Gasteiger partial charge in [0.15, 0.2) is 24.6 Å². The van der Waals surface area contributed by atoms with Crippen molar-refractivity contribution in [2.75, 3.05) is 6.61 Å². The second-order valence-electron chi connectivity index (χ2n) is 7.70. The summed E-state index contributed by atoms with van der Waals surface area (Å²) in [5, 5.41) is 9.40. The van der Waals surface area contributed by atoms with Crippen molar-refractivity contribution in [3.05, 3.63) is 35.9 Å². The second-order valence-corrected chi connectivity index (χ2v) is 7.70. The zero-order chi connectivity index (χ0) is 26.1. The van der Waals surface area contributed by atoms with E-state index in [-0.39, 0.29) is 0 Å². The van der Waals surface area contributed by atoms with Crippen molar-refractivity contribution in [3.8, 4) is 0 Å². The minimum Gasteiger partial charge on any atom is -0.481 e. The molecule has 12 heteroatoms. The summed E-state index contributed by atoms with van der Waals surface area (Å²) in [4.78, 5) is 58.5. The lowest BCUT2D eigenvalue weighted by molar-refractivity contribution is -0.318. The van der Waals surface area contributed by atoms with Gasteiger partial charge in [-0.05, 0) is 5.56 Å². The number of carboxylic acid groups (broad SMARTS) is 1. The third-order valence-electron chi connectivity index (χ3n) is 4.78. The van der Waals surface area contributed by atoms with Gasteiger partial charge in [-0.2, -0.15) is 0 Å². The van der Waals surface area contributed by atoms with Crippen molar-refractivity contribution in [1.29, 1.82) is 0 Å². The fourth-order valence-corrected chi connectivity index (χ4v) is 3.53. The van der Waals surface area contributed by atoms with E-state index in [4.69, 9.17) is 28.4 Å². The Morgan fingerprint density at radius 2 is 1.37 bits per heavy atom. The summed E-state index contributed by atoms with van der Waals surface area (Å²) in [6, 6.07) is 8.37. The second kappa shape index (κ2) is 12.8. The van der Waals surface area contributed by atoms with Crippen molar-refractivity contribution in [2.24, 2.45) is 0 Å². The average molecular weight is 496 g/mol. The molecule has 1 heterocycles. The van der Waals surface area contributed by atoms with Crippen LogP contribution in [0.1, 0.15) is 45.8 Å². The maximum Gasteiger partial charge on any atom is 0.306 e. The molecule has 1 aromatic rings. The molecule has 1 aliphatic rings. The van der Waals surface area contributed by atoms with Crippen LogP contribution in [0.25, 0.3) is 0 Å². The van der Waals surface area contributed by atoms with E-state index < -0.39 is 79.7 Å². The number of ether oxygens (including phenoxy) is 6. The topological polar surface area (TPSA) is 161 Å². The molecule has 6 atom stereocenters. The first-order valence-electron chi connectivity index (χ1n) is 10.7. The maximum absolute atomic E-state index is 11.9. The Morgan fingerprint density at radius 1 is 0.829 bits per heavy atom. The first-order chi connectivity index (χ1) is 16.5. The molecule has 192 valence electrons. The number of carbonyl (C=O) groups excluding carboxylic acids is 4. The fraction of sp³-hybridized carbons (Fsp3) is 0.522. The van der Waals surface area contributed by atoms with Crippen LogP contribution in [0.3, 0.4) is 0 Å². The zero-order valence-electron chi connectivity index (χ0n) is 19.7. The quantitative estimate of drug-likeness (QED) is 0.366. The van der Waals surface area contributed by atoms with Gasteiger partial charge in [0.25, 0.3) is 0 Å². The summed E-state index contributed by atoms with van der Waals surface area (Å²) in [5.74, 6) is -4.19. The van der Waals surface area contributed by atoms with Gasteiger partial charge in [0.2, 0.25) is 0 Å². The molecule has 2 unspecified atom stereocenters. The predicted molar refractivity (Wildman–Crippen MR) is 114 cm³/mol. The summed E-state index contributed by atoms with van der Waals surface area (Å²) in [7, 11) is 0. The predicted octanol–water partition coefficient (Wildman–Crippen LogP) is 1.30. The molecular weight excluding hydrogens is 468 g/mol. The molecule has 0 amide bonds. The van der Waals surface area contributed by atoms with E-state index in [0.717, 1.165) is 27.7 Å². The van der Waals surface area contributed by atoms with E-state index in [0.29, 0.717) is 5.56 Å². The molecule has 1 aromatic carbocycles. The van der Waals surface area contributed by atoms with Crippen molar-refractivity contribution in [3.63, 3.8) is 0 Å². The lowest BCUT2D eigenvalue weighted by atomic mass is 9.97. The van der Waals surface area contributed by atoms with Gasteiger partial charge >= 0.3 is 29.8 Å². The SMILES string of the molecule is CC(=O)OC[C@H]1OC(OC(CC(=O)O)c2ccccc2)[C@@H](OC(C)=O)[C@@H](OC(C)=O)[C@@H]1OC(C)=O. The highest BCUT2D eigenvalue weighted by atomic mass is 16.7. The molecule has 1 fully saturated rings. The minimum atomic E-state index is -1.49. The maximum atomic E-state index is 11.9. The van der Waals surface area contributed by atoms with Gasteiger partial charge < -0.3 is 33.5 Å². The molecule has 0 radical (unpaired) electrons. The largest absolute Gasteiger partial charge is 0.481 e. The summed E-state index contributed by atoms with van der Waals surface area (Å²) in [6.45, 7) is 4.03. The summed E-state index contributed by atoms with van der Waals surface area (Å²) >= 11 is 0. The molecular formula is C23H28O12. The Bertz CT molecular complexity index is 914. The normalized spacial score (nSPS) is 24.5. The molecule has 0 bridgehead atoms. The van der Waals surface area contributed by atoms with Gasteiger partial charge in [0.1, 0.15) is 12.7 Å². The molecule has 35 heavy (non-hydrogen) atoms. The van der Waals surface area contributed by atoms with Crippen LogP contribution in [-0.2, 0) is 52.4 Å². The minimum absolute atomic E-state index is 0.424. The number of carboxylic acids is 1. The van der Waals surface area contributed by atoms with Crippen molar-refractivity contribution in [2.45, 2.75) is 70.9 Å². The van der Waals surface area contributed by atoms with Gasteiger partial charge in [-0.25, -0.2) is 0 Å². The van der Waals surface area contributed by atoms with Crippen LogP contribution < -0.4 is 0 Å². The highest BCUT2D eigenvalue weighted by Gasteiger charge is 2.53. The molecule has 1 aliphatic heterocycles. The fourth-order valence-electron chi connectivity index (χ4n) is 3.53. The van der Waals surface area contributed by atoms with Gasteiger partial charge in [-0.15, -0.1) is 0 Å². The van der Waals surface area contributed by atoms with Crippen LogP contribution in [0.4, 0.5) is 0 Å². The standard InChI is InChI=1S/C23H28O12/c1-12(24)30-11-18-20(31-13(2)25)21(32-14(3)26)22(33-15(4)27)23(35-18)34-17(10-19(28)29)16-8-6-5-7-9-16/h5-9,17-18,20-23H,10-11H2,1-4H3,(H,28,29)/t17?,18-,20-,21+,22+,23?/m1/s1. The first-order valence-corrected chi connectivity index (χ1v) is 10.7. The van der Waals surface area contributed by atoms with Gasteiger partial charge in [0.05, 0.1) is 12.5 Å². The molecule has 12 nitrogen and oxygen atoms in total. The number of esters is 4. The van der Waals surface area contributed by atoms with Crippen molar-refractivity contribution in [1.82, 2.24) is 0 Å². The Kier molecular flexibility index (Phi) is 10.2. The lowest BCUT2D eigenvalue weighted by Gasteiger charge is -2.44. The van der Waals surface area contributed by atoms with Gasteiger partial charge in [0, 0.05) is 27.7 Å². The third kappa shape index (κ3) is 8.65. The zero-order valence-corrected chi connectivity index (χ0v) is 19.7. The average Bonchev–Trinajstić information content (AvgIpc) is 2.75. The van der Waals surface area contributed by atoms with E-state index >= 15 is 0 Å². The van der Waals surface area contributed by atoms with Crippen LogP contribution in [-0.4, -0.2) is 72.3 Å². The molecule has 2 rings (SSSR count). The summed E-state index contributed by atoms with van der Waals surface area (Å²) in [6.07, 6.45) is -8.43. The Balaban J connectivity index is 2.50. The molecule has 0 saturated carbocycles. The highest BCUT2D eigenvalue weighted by molar-refractivity contribution is 5.69. The summed E-state index contributed by atoms with van der Waals surface area (Å²) < 4.78 is 32.8. The van der Waals surface area contributed by atoms with E-state index in [9.17, 15) is 29.1 Å². The number of rotatable bonds is 10. The van der Waals surface area contributed by atoms with Crippen LogP contribution >= 0.6 is 0 Å². The number of carbonyl (C=O) groups is 5. The van der Waals surface area contributed by atoms with Gasteiger partial charge in [-0.3, -0.25) is 24.0 Å². The van der Waals surface area contributed by atoms with Crippen LogP contribution in [0.2, 0.25) is 0 Å². The van der Waals surface area contributed by atoms with Crippen LogP contribution in [0.5, 0.6) is 0 Å². The van der Waals surface area contributed by atoms with Crippen molar-refractivity contribution < 1.29 is 57.5 Å². The highest BCUT2D eigenvalue weighted by Crippen LogP contribution is 2.33. The third-order valence-corrected chi connectivity index (χ3v) is 4.78. The molecule has 0 aromatic heterocycles. The molecule has 1 saturated heterocycles. The molecule has 0 aliphatic carbocycles. The number of hydrogen-bond donors (Lipinski definition) is 1. The van der Waals surface area contributed by atoms with E-state index in [1.54, 1.807) is 30.3 Å². The van der Waals surface area contributed by atoms with E-state index in [1.807, 2.05) is 0 Å². The van der Waals surface area contributed by atoms with E-state index in [2.05, 4.69) is 0 Å². The van der Waals surface area contributed by atoms with E-state index in [1.165, 1.54) is 0 Å². The number of hydrogen-bond acceptors (Lipinski definition) is 11. The molecule has 0 spiro atoms. The smallest absolute Gasteiger partial charge is 0.306 e.